The Bertz CT molecular complexity index is 44.1. The summed E-state index contributed by atoms with van der Waals surface area (Å²) in [4.78, 5) is 7.56. The van der Waals surface area contributed by atoms with Gasteiger partial charge < -0.3 is 11.0 Å². The molecule has 1 unspecified atom stereocenters. The summed E-state index contributed by atoms with van der Waals surface area (Å²) >= 11 is 0. The molecular weight excluding hydrogens is 107 g/mol. The molecule has 0 heterocycles. The average molecular weight is 114 g/mol. The Morgan fingerprint density at radius 3 is 2.00 bits per heavy atom. The fourth-order valence-corrected chi connectivity index (χ4v) is 0. The van der Waals surface area contributed by atoms with Gasteiger partial charge in [0.15, 0.2) is 0 Å². The van der Waals surface area contributed by atoms with E-state index in [9.17, 15) is 4.57 Å². The minimum absolute atomic E-state index is 0. The molecule has 0 rings (SSSR count). The van der Waals surface area contributed by atoms with Crippen LogP contribution in [-0.4, -0.2) is 4.89 Å². The third kappa shape index (κ3) is 8.95. The first-order valence-corrected chi connectivity index (χ1v) is 2.13. The maximum absolute atomic E-state index is 9.21. The highest BCUT2D eigenvalue weighted by Gasteiger charge is 1.75. The van der Waals surface area contributed by atoms with Crippen LogP contribution in [0.25, 0.3) is 0 Å². The van der Waals surface area contributed by atoms with Crippen molar-refractivity contribution in [1.29, 1.82) is 0 Å². The van der Waals surface area contributed by atoms with E-state index in [2.05, 4.69) is 10.5 Å². The van der Waals surface area contributed by atoms with Crippen molar-refractivity contribution >= 4 is 8.25 Å². The summed E-state index contributed by atoms with van der Waals surface area (Å²) < 4.78 is 12.6. The molecule has 5 nitrogen and oxygen atoms in total. The molecule has 0 fully saturated rings. The van der Waals surface area contributed by atoms with Crippen LogP contribution < -0.4 is 12.0 Å². The van der Waals surface area contributed by atoms with Crippen molar-refractivity contribution in [3.05, 3.63) is 0 Å². The third-order valence-corrected chi connectivity index (χ3v) is 0.302. The van der Waals surface area contributed by atoms with Crippen molar-refractivity contribution in [3.63, 3.8) is 0 Å². The Balaban J connectivity index is 0. The summed E-state index contributed by atoms with van der Waals surface area (Å²) in [7, 11) is -2.85. The van der Waals surface area contributed by atoms with Crippen molar-refractivity contribution in [2.24, 2.45) is 5.90 Å². The van der Waals surface area contributed by atoms with Crippen LogP contribution in [-0.2, 0) is 9.19 Å². The third-order valence-electron chi connectivity index (χ3n) is 0.101. The minimum atomic E-state index is -2.85. The van der Waals surface area contributed by atoms with E-state index < -0.39 is 8.25 Å². The van der Waals surface area contributed by atoms with Crippen LogP contribution in [0.15, 0.2) is 0 Å². The molecule has 0 aromatic heterocycles. The normalized spacial score (nSPS) is 12.3. The summed E-state index contributed by atoms with van der Waals surface area (Å²) in [6.07, 6.45) is 0. The predicted molar refractivity (Wildman–Crippen MR) is 21.5 cm³/mol. The van der Waals surface area contributed by atoms with Gasteiger partial charge in [-0.3, -0.25) is 4.57 Å². The van der Waals surface area contributed by atoms with Gasteiger partial charge in [-0.05, 0) is 0 Å². The lowest BCUT2D eigenvalue weighted by atomic mass is 13.6. The summed E-state index contributed by atoms with van der Waals surface area (Å²) in [6, 6.07) is 0. The molecule has 0 aliphatic rings. The molecule has 0 saturated carbocycles. The minimum Gasteiger partial charge on any atom is -0.344 e. The molecular formula is H7N2O3P. The zero-order valence-corrected chi connectivity index (χ0v) is 4.05. The monoisotopic (exact) mass is 114 g/mol. The van der Waals surface area contributed by atoms with E-state index in [0.717, 1.165) is 0 Å². The molecule has 0 aromatic carbocycles. The first-order valence-electron chi connectivity index (χ1n) is 0.868. The fourth-order valence-electron chi connectivity index (χ4n) is 0. The standard InChI is InChI=1S/H4NO3P.H3N/c1-4-5(2)3;/h5H,1H2,(H,2,3);1H3. The first-order chi connectivity index (χ1) is 2.27. The molecule has 1 atom stereocenters. The molecule has 6 N–H and O–H groups in total. The smallest absolute Gasteiger partial charge is 0.332 e. The van der Waals surface area contributed by atoms with Crippen molar-refractivity contribution in [1.82, 2.24) is 6.15 Å². The summed E-state index contributed by atoms with van der Waals surface area (Å²) in [6.45, 7) is 0. The summed E-state index contributed by atoms with van der Waals surface area (Å²) in [5, 5.41) is 0. The summed E-state index contributed by atoms with van der Waals surface area (Å²) in [5.41, 5.74) is 0. The van der Waals surface area contributed by atoms with Crippen LogP contribution in [0.2, 0.25) is 0 Å². The lowest BCUT2D eigenvalue weighted by Crippen LogP contribution is -1.84. The van der Waals surface area contributed by atoms with Crippen molar-refractivity contribution < 1.29 is 14.1 Å². The van der Waals surface area contributed by atoms with Crippen molar-refractivity contribution in [2.75, 3.05) is 0 Å². The van der Waals surface area contributed by atoms with Gasteiger partial charge in [0.1, 0.15) is 0 Å². The van der Waals surface area contributed by atoms with Crippen LogP contribution in [0.1, 0.15) is 0 Å². The molecule has 6 heavy (non-hydrogen) atoms. The van der Waals surface area contributed by atoms with Gasteiger partial charge in [0, 0.05) is 0 Å². The molecule has 6 heteroatoms. The van der Waals surface area contributed by atoms with Gasteiger partial charge in [-0.1, -0.05) is 0 Å². The number of rotatable bonds is 1. The molecule has 40 valence electrons. The predicted octanol–water partition coefficient (Wildman–Crippen LogP) is -0.579. The largest absolute Gasteiger partial charge is 0.344 e. The van der Waals surface area contributed by atoms with Gasteiger partial charge in [0.05, 0.1) is 0 Å². The van der Waals surface area contributed by atoms with E-state index in [1.807, 2.05) is 0 Å². The summed E-state index contributed by atoms with van der Waals surface area (Å²) in [5.74, 6) is 4.15. The van der Waals surface area contributed by atoms with Gasteiger partial charge in [0.2, 0.25) is 0 Å². The molecule has 0 bridgehead atoms. The Morgan fingerprint density at radius 1 is 1.83 bits per heavy atom. The lowest BCUT2D eigenvalue weighted by Gasteiger charge is -1.78. The van der Waals surface area contributed by atoms with Crippen LogP contribution in [0, 0.1) is 0 Å². The molecule has 0 radical (unpaired) electrons. The zero-order chi connectivity index (χ0) is 4.28. The molecule has 0 saturated heterocycles. The first kappa shape index (κ1) is 9.42. The number of nitrogens with two attached hydrogens (primary N) is 1. The van der Waals surface area contributed by atoms with Gasteiger partial charge in [0.25, 0.3) is 0 Å². The Kier molecular flexibility index (Phi) is 7.96. The van der Waals surface area contributed by atoms with E-state index in [0.29, 0.717) is 0 Å². The topological polar surface area (TPSA) is 108 Å². The van der Waals surface area contributed by atoms with Crippen molar-refractivity contribution in [2.45, 2.75) is 0 Å². The second kappa shape index (κ2) is 5.07. The highest BCUT2D eigenvalue weighted by atomic mass is 31.1. The quantitative estimate of drug-likeness (QED) is 0.312. The van der Waals surface area contributed by atoms with Gasteiger partial charge >= 0.3 is 8.25 Å². The van der Waals surface area contributed by atoms with Gasteiger partial charge in [-0.2, -0.15) is 0 Å². The Labute approximate surface area is 35.6 Å². The Morgan fingerprint density at radius 2 is 2.00 bits per heavy atom. The maximum Gasteiger partial charge on any atom is 0.332 e. The van der Waals surface area contributed by atoms with Crippen LogP contribution in [0.3, 0.4) is 0 Å². The van der Waals surface area contributed by atoms with E-state index in [4.69, 9.17) is 4.89 Å². The second-order valence-corrected chi connectivity index (χ2v) is 1.15. The SMILES string of the molecule is N.NO[PH](=O)O. The van der Waals surface area contributed by atoms with Crippen LogP contribution in [0.4, 0.5) is 0 Å². The molecule has 0 aliphatic heterocycles. The molecule has 0 spiro atoms. The van der Waals surface area contributed by atoms with Gasteiger partial charge in [-0.25, -0.2) is 10.5 Å². The molecule has 0 amide bonds. The lowest BCUT2D eigenvalue weighted by molar-refractivity contribution is 0.292. The maximum atomic E-state index is 9.21. The van der Waals surface area contributed by atoms with E-state index in [-0.39, 0.29) is 6.15 Å². The van der Waals surface area contributed by atoms with Crippen LogP contribution in [0.5, 0.6) is 0 Å². The highest BCUT2D eigenvalue weighted by molar-refractivity contribution is 7.32. The zero-order valence-electron chi connectivity index (χ0n) is 3.05. The molecule has 0 aliphatic carbocycles. The number of hydrogen-bond acceptors (Lipinski definition) is 4. The van der Waals surface area contributed by atoms with E-state index in [1.54, 1.807) is 0 Å². The Hall–Kier alpha value is 0.0700. The van der Waals surface area contributed by atoms with E-state index in [1.165, 1.54) is 0 Å². The van der Waals surface area contributed by atoms with E-state index >= 15 is 0 Å². The average Bonchev–Trinajstić information content (AvgIpc) is 1.38. The highest BCUT2D eigenvalue weighted by Crippen LogP contribution is 2.07. The number of hydrogen-bond donors (Lipinski definition) is 3. The van der Waals surface area contributed by atoms with Crippen molar-refractivity contribution in [3.8, 4) is 0 Å². The molecule has 0 aromatic rings. The van der Waals surface area contributed by atoms with Gasteiger partial charge in [-0.15, -0.1) is 0 Å². The van der Waals surface area contributed by atoms with Crippen LogP contribution >= 0.6 is 8.25 Å². The second-order valence-electron chi connectivity index (χ2n) is 0.384. The fraction of sp³-hybridized carbons (Fsp3) is 0.